The van der Waals surface area contributed by atoms with Crippen molar-refractivity contribution in [1.29, 1.82) is 0 Å². The van der Waals surface area contributed by atoms with Gasteiger partial charge in [0.1, 0.15) is 0 Å². The summed E-state index contributed by atoms with van der Waals surface area (Å²) in [6.07, 6.45) is 7.14. The maximum Gasteiger partial charge on any atom is 0.261 e. The van der Waals surface area contributed by atoms with Crippen LogP contribution in [0.5, 0.6) is 0 Å². The van der Waals surface area contributed by atoms with Crippen LogP contribution in [0.1, 0.15) is 32.4 Å². The summed E-state index contributed by atoms with van der Waals surface area (Å²) in [7, 11) is 0. The Balaban J connectivity index is 2.15. The lowest BCUT2D eigenvalue weighted by atomic mass is 9.86. The minimum Gasteiger partial charge on any atom is -0.335 e. The molecule has 0 amide bonds. The molecule has 0 spiro atoms. The molecule has 2 aromatic heterocycles. The van der Waals surface area contributed by atoms with Gasteiger partial charge in [-0.1, -0.05) is 32.9 Å². The Labute approximate surface area is 135 Å². The van der Waals surface area contributed by atoms with Gasteiger partial charge in [-0.15, -0.1) is 0 Å². The van der Waals surface area contributed by atoms with Gasteiger partial charge in [-0.2, -0.15) is 0 Å². The first-order valence-corrected chi connectivity index (χ1v) is 7.80. The van der Waals surface area contributed by atoms with Crippen molar-refractivity contribution < 1.29 is 0 Å². The summed E-state index contributed by atoms with van der Waals surface area (Å²) in [6.45, 7) is 9.08. The monoisotopic (exact) mass is 310 g/mol. The zero-order valence-corrected chi connectivity index (χ0v) is 14.0. The van der Waals surface area contributed by atoms with Crippen LogP contribution in [-0.2, 0) is 6.54 Å². The molecule has 0 N–H and O–H groups in total. The molecule has 5 nitrogen and oxygen atoms in total. The van der Waals surface area contributed by atoms with Gasteiger partial charge in [0.2, 0.25) is 0 Å². The Morgan fingerprint density at radius 2 is 2.00 bits per heavy atom. The van der Waals surface area contributed by atoms with E-state index in [1.807, 2.05) is 35.9 Å². The van der Waals surface area contributed by atoms with Crippen LogP contribution in [0.3, 0.4) is 0 Å². The van der Waals surface area contributed by atoms with Crippen LogP contribution in [0.25, 0.3) is 10.9 Å². The topological polar surface area (TPSA) is 52.7 Å². The van der Waals surface area contributed by atoms with Gasteiger partial charge < -0.3 is 4.57 Å². The fraction of sp³-hybridized carbons (Fsp3) is 0.389. The number of hydrogen-bond acceptors (Lipinski definition) is 3. The van der Waals surface area contributed by atoms with E-state index in [9.17, 15) is 4.79 Å². The first-order valence-electron chi connectivity index (χ1n) is 7.80. The fourth-order valence-corrected chi connectivity index (χ4v) is 2.91. The molecule has 120 valence electrons. The van der Waals surface area contributed by atoms with Gasteiger partial charge in [0.15, 0.2) is 0 Å². The van der Waals surface area contributed by atoms with Crippen molar-refractivity contribution in [3.63, 3.8) is 0 Å². The minimum absolute atomic E-state index is 0.0124. The molecule has 5 heteroatoms. The van der Waals surface area contributed by atoms with Crippen molar-refractivity contribution in [3.8, 4) is 0 Å². The summed E-state index contributed by atoms with van der Waals surface area (Å²) in [5.74, 6) is 0. The standard InChI is InChI=1S/C18H22N4O/c1-13-6-5-7-14-16(13)20-12-22(17(14)23)15(18(2,3)4)10-21-9-8-19-11-21/h5-9,11-12,15H,10H2,1-4H3. The molecule has 23 heavy (non-hydrogen) atoms. The first-order chi connectivity index (χ1) is 10.9. The molecular weight excluding hydrogens is 288 g/mol. The molecule has 0 fully saturated rings. The second-order valence-electron chi connectivity index (χ2n) is 7.07. The predicted molar refractivity (Wildman–Crippen MR) is 91.5 cm³/mol. The third-order valence-corrected chi connectivity index (χ3v) is 4.29. The zero-order valence-electron chi connectivity index (χ0n) is 14.0. The van der Waals surface area contributed by atoms with Gasteiger partial charge in [-0.25, -0.2) is 9.97 Å². The van der Waals surface area contributed by atoms with E-state index in [2.05, 4.69) is 30.7 Å². The summed E-state index contributed by atoms with van der Waals surface area (Å²) >= 11 is 0. The van der Waals surface area contributed by atoms with Gasteiger partial charge in [0.25, 0.3) is 5.56 Å². The van der Waals surface area contributed by atoms with Gasteiger partial charge in [-0.3, -0.25) is 9.36 Å². The van der Waals surface area contributed by atoms with E-state index in [1.165, 1.54) is 0 Å². The molecule has 2 heterocycles. The third-order valence-electron chi connectivity index (χ3n) is 4.29. The highest BCUT2D eigenvalue weighted by Crippen LogP contribution is 2.31. The van der Waals surface area contributed by atoms with E-state index in [0.29, 0.717) is 11.9 Å². The lowest BCUT2D eigenvalue weighted by Gasteiger charge is -2.32. The molecular formula is C18H22N4O. The molecule has 0 saturated carbocycles. The molecule has 0 saturated heterocycles. The molecule has 3 aromatic rings. The second kappa shape index (κ2) is 5.65. The average molecular weight is 310 g/mol. The molecule has 1 unspecified atom stereocenters. The summed E-state index contributed by atoms with van der Waals surface area (Å²) in [5, 5.41) is 0.674. The molecule has 1 aromatic carbocycles. The Hall–Kier alpha value is -2.43. The third kappa shape index (κ3) is 2.91. The van der Waals surface area contributed by atoms with Crippen molar-refractivity contribution >= 4 is 10.9 Å². The number of benzene rings is 1. The Morgan fingerprint density at radius 1 is 1.22 bits per heavy atom. The van der Waals surface area contributed by atoms with E-state index >= 15 is 0 Å². The summed E-state index contributed by atoms with van der Waals surface area (Å²) in [4.78, 5) is 21.6. The van der Waals surface area contributed by atoms with Crippen molar-refractivity contribution in [3.05, 3.63) is 59.2 Å². The molecule has 0 radical (unpaired) electrons. The van der Waals surface area contributed by atoms with E-state index in [1.54, 1.807) is 23.4 Å². The van der Waals surface area contributed by atoms with Crippen LogP contribution in [-0.4, -0.2) is 19.1 Å². The second-order valence-corrected chi connectivity index (χ2v) is 7.07. The molecule has 0 aliphatic rings. The van der Waals surface area contributed by atoms with Crippen LogP contribution in [0, 0.1) is 12.3 Å². The number of para-hydroxylation sites is 1. The van der Waals surface area contributed by atoms with Crippen LogP contribution < -0.4 is 5.56 Å². The number of fused-ring (bicyclic) bond motifs is 1. The Kier molecular flexibility index (Phi) is 3.80. The van der Waals surface area contributed by atoms with Gasteiger partial charge in [0.05, 0.1) is 29.6 Å². The number of imidazole rings is 1. The average Bonchev–Trinajstić information content (AvgIpc) is 2.99. The van der Waals surface area contributed by atoms with E-state index in [0.717, 1.165) is 11.1 Å². The molecule has 0 aliphatic carbocycles. The number of nitrogens with zero attached hydrogens (tertiary/aromatic N) is 4. The summed E-state index contributed by atoms with van der Waals surface area (Å²) in [6, 6.07) is 5.73. The molecule has 0 bridgehead atoms. The number of hydrogen-bond donors (Lipinski definition) is 0. The normalized spacial score (nSPS) is 13.4. The predicted octanol–water partition coefficient (Wildman–Crippen LogP) is 3.19. The minimum atomic E-state index is -0.0900. The lowest BCUT2D eigenvalue weighted by molar-refractivity contribution is 0.210. The maximum atomic E-state index is 13.0. The van der Waals surface area contributed by atoms with Crippen LogP contribution in [0.2, 0.25) is 0 Å². The number of rotatable bonds is 3. The van der Waals surface area contributed by atoms with E-state index in [4.69, 9.17) is 0 Å². The van der Waals surface area contributed by atoms with Gasteiger partial charge in [0, 0.05) is 18.9 Å². The lowest BCUT2D eigenvalue weighted by Crippen LogP contribution is -2.35. The van der Waals surface area contributed by atoms with Gasteiger partial charge >= 0.3 is 0 Å². The van der Waals surface area contributed by atoms with E-state index in [-0.39, 0.29) is 17.0 Å². The fourth-order valence-electron chi connectivity index (χ4n) is 2.91. The number of aryl methyl sites for hydroxylation is 1. The van der Waals surface area contributed by atoms with Crippen LogP contribution >= 0.6 is 0 Å². The summed E-state index contributed by atoms with van der Waals surface area (Å²) in [5.41, 5.74) is 1.73. The summed E-state index contributed by atoms with van der Waals surface area (Å²) < 4.78 is 3.77. The quantitative estimate of drug-likeness (QED) is 0.746. The highest BCUT2D eigenvalue weighted by atomic mass is 16.1. The molecule has 1 atom stereocenters. The maximum absolute atomic E-state index is 13.0. The van der Waals surface area contributed by atoms with Gasteiger partial charge in [-0.05, 0) is 24.0 Å². The SMILES string of the molecule is Cc1cccc2c(=O)n(C(Cn3ccnc3)C(C)(C)C)cnc12. The van der Waals surface area contributed by atoms with Crippen molar-refractivity contribution in [2.24, 2.45) is 5.41 Å². The highest BCUT2D eigenvalue weighted by molar-refractivity contribution is 5.80. The smallest absolute Gasteiger partial charge is 0.261 e. The van der Waals surface area contributed by atoms with Crippen LogP contribution in [0.4, 0.5) is 0 Å². The molecule has 3 rings (SSSR count). The molecule has 0 aliphatic heterocycles. The Bertz CT molecular complexity index is 872. The van der Waals surface area contributed by atoms with E-state index < -0.39 is 0 Å². The van der Waals surface area contributed by atoms with Crippen molar-refractivity contribution in [2.45, 2.75) is 40.3 Å². The highest BCUT2D eigenvalue weighted by Gasteiger charge is 2.28. The van der Waals surface area contributed by atoms with Crippen molar-refractivity contribution in [1.82, 2.24) is 19.1 Å². The zero-order chi connectivity index (χ0) is 16.6. The number of aromatic nitrogens is 4. The first kappa shape index (κ1) is 15.5. The largest absolute Gasteiger partial charge is 0.335 e. The Morgan fingerprint density at radius 3 is 2.65 bits per heavy atom. The van der Waals surface area contributed by atoms with Crippen LogP contribution in [0.15, 0.2) is 48.0 Å². The van der Waals surface area contributed by atoms with Crippen molar-refractivity contribution in [2.75, 3.05) is 0 Å².